The van der Waals surface area contributed by atoms with Crippen LogP contribution in [-0.2, 0) is 25.6 Å². The highest BCUT2D eigenvalue weighted by atomic mass is 19.1. The van der Waals surface area contributed by atoms with Crippen molar-refractivity contribution in [3.8, 4) is 0 Å². The number of rotatable bonds is 9. The van der Waals surface area contributed by atoms with Crippen LogP contribution in [0.1, 0.15) is 37.3 Å². The highest BCUT2D eigenvalue weighted by molar-refractivity contribution is 5.90. The number of hydrogen-bond acceptors (Lipinski definition) is 6. The predicted octanol–water partition coefficient (Wildman–Crippen LogP) is 3.64. The summed E-state index contributed by atoms with van der Waals surface area (Å²) in [6, 6.07) is 12.0. The number of fused-ring (bicyclic) bond motifs is 1. The molecule has 5 rings (SSSR count). The van der Waals surface area contributed by atoms with Crippen molar-refractivity contribution in [2.75, 3.05) is 20.3 Å². The number of benzene rings is 2. The molecule has 9 nitrogen and oxygen atoms in total. The second-order valence-corrected chi connectivity index (χ2v) is 9.33. The zero-order valence-electron chi connectivity index (χ0n) is 21.2. The molecule has 1 aliphatic carbocycles. The molecule has 2 aliphatic rings. The maximum absolute atomic E-state index is 14.0. The van der Waals surface area contributed by atoms with E-state index >= 15 is 0 Å². The van der Waals surface area contributed by atoms with Gasteiger partial charge in [0.1, 0.15) is 23.9 Å². The molecule has 2 aromatic carbocycles. The third kappa shape index (κ3) is 5.60. The first kappa shape index (κ1) is 25.6. The Labute approximate surface area is 219 Å². The molecular weight excluding hydrogens is 489 g/mol. The van der Waals surface area contributed by atoms with Gasteiger partial charge < -0.3 is 14.8 Å². The van der Waals surface area contributed by atoms with E-state index in [9.17, 15) is 14.0 Å². The molecule has 0 saturated carbocycles. The summed E-state index contributed by atoms with van der Waals surface area (Å²) in [5.41, 5.74) is 2.53. The van der Waals surface area contributed by atoms with Crippen LogP contribution in [0, 0.1) is 5.82 Å². The summed E-state index contributed by atoms with van der Waals surface area (Å²) in [5.74, 6) is -0.359. The van der Waals surface area contributed by atoms with Crippen LogP contribution in [0.15, 0.2) is 72.1 Å². The van der Waals surface area contributed by atoms with Crippen LogP contribution < -0.4 is 5.32 Å². The summed E-state index contributed by atoms with van der Waals surface area (Å²) in [6.07, 6.45) is 6.39. The van der Waals surface area contributed by atoms with Crippen LogP contribution in [0.5, 0.6) is 0 Å². The van der Waals surface area contributed by atoms with Crippen molar-refractivity contribution >= 4 is 22.8 Å². The normalized spacial score (nSPS) is 18.0. The number of allylic oxidation sites excluding steroid dienone is 4. The first-order valence-corrected chi connectivity index (χ1v) is 12.7. The molecule has 0 spiro atoms. The minimum absolute atomic E-state index is 0.0698. The van der Waals surface area contributed by atoms with Gasteiger partial charge in [0.2, 0.25) is 11.8 Å². The zero-order valence-corrected chi connectivity index (χ0v) is 21.2. The van der Waals surface area contributed by atoms with Crippen LogP contribution >= 0.6 is 0 Å². The first-order valence-electron chi connectivity index (χ1n) is 12.7. The van der Waals surface area contributed by atoms with E-state index in [1.807, 2.05) is 24.3 Å². The van der Waals surface area contributed by atoms with Crippen LogP contribution in [0.25, 0.3) is 11.0 Å². The van der Waals surface area contributed by atoms with Gasteiger partial charge in [-0.3, -0.25) is 14.5 Å². The molecule has 1 N–H and O–H groups in total. The average molecular weight is 520 g/mol. The summed E-state index contributed by atoms with van der Waals surface area (Å²) in [5, 5.41) is 11.3. The fraction of sp³-hybridized carbons (Fsp3) is 0.357. The van der Waals surface area contributed by atoms with Gasteiger partial charge in [0, 0.05) is 25.3 Å². The number of methoxy groups -OCH3 is 1. The van der Waals surface area contributed by atoms with E-state index in [0.717, 1.165) is 18.6 Å². The van der Waals surface area contributed by atoms with E-state index in [4.69, 9.17) is 9.47 Å². The maximum Gasteiger partial charge on any atom is 0.249 e. The SMILES string of the molecule is COC1=CC=C(N(C(=O)Cn2nnc3ccccc32)C(C(=O)NCC2CCCO2)c2ccc(F)cc2)CC1. The van der Waals surface area contributed by atoms with Gasteiger partial charge in [-0.1, -0.05) is 29.5 Å². The Morgan fingerprint density at radius 3 is 2.71 bits per heavy atom. The highest BCUT2D eigenvalue weighted by Gasteiger charge is 2.35. The fourth-order valence-electron chi connectivity index (χ4n) is 4.87. The number of ether oxygens (including phenoxy) is 2. The van der Waals surface area contributed by atoms with Gasteiger partial charge in [-0.25, -0.2) is 9.07 Å². The Kier molecular flexibility index (Phi) is 7.78. The Balaban J connectivity index is 1.52. The molecule has 1 aliphatic heterocycles. The minimum atomic E-state index is -1.02. The Morgan fingerprint density at radius 1 is 1.18 bits per heavy atom. The summed E-state index contributed by atoms with van der Waals surface area (Å²) in [6.45, 7) is 0.869. The number of nitrogens with one attached hydrogen (secondary N) is 1. The largest absolute Gasteiger partial charge is 0.501 e. The first-order chi connectivity index (χ1) is 18.5. The number of amides is 2. The van der Waals surface area contributed by atoms with E-state index in [2.05, 4.69) is 15.6 Å². The summed E-state index contributed by atoms with van der Waals surface area (Å²) >= 11 is 0. The molecule has 2 atom stereocenters. The molecule has 3 aromatic rings. The van der Waals surface area contributed by atoms with Crippen molar-refractivity contribution in [3.05, 3.63) is 83.5 Å². The Bertz CT molecular complexity index is 1360. The average Bonchev–Trinajstić information content (AvgIpc) is 3.61. The molecule has 2 unspecified atom stereocenters. The van der Waals surface area contributed by atoms with E-state index in [-0.39, 0.29) is 24.5 Å². The fourth-order valence-corrected chi connectivity index (χ4v) is 4.87. The van der Waals surface area contributed by atoms with Crippen LogP contribution in [0.4, 0.5) is 4.39 Å². The van der Waals surface area contributed by atoms with Gasteiger partial charge in [-0.05, 0) is 61.2 Å². The van der Waals surface area contributed by atoms with Crippen LogP contribution in [-0.4, -0.2) is 58.1 Å². The van der Waals surface area contributed by atoms with Crippen molar-refractivity contribution in [1.82, 2.24) is 25.2 Å². The topological polar surface area (TPSA) is 98.6 Å². The molecule has 0 bridgehead atoms. The van der Waals surface area contributed by atoms with Crippen molar-refractivity contribution in [3.63, 3.8) is 0 Å². The molecule has 2 heterocycles. The van der Waals surface area contributed by atoms with Crippen LogP contribution in [0.2, 0.25) is 0 Å². The molecule has 1 aromatic heterocycles. The van der Waals surface area contributed by atoms with E-state index in [0.29, 0.717) is 48.3 Å². The second-order valence-electron chi connectivity index (χ2n) is 9.33. The number of carbonyl (C=O) groups excluding carboxylic acids is 2. The lowest BCUT2D eigenvalue weighted by Gasteiger charge is -2.34. The van der Waals surface area contributed by atoms with Crippen molar-refractivity contribution in [2.24, 2.45) is 0 Å². The lowest BCUT2D eigenvalue weighted by Crippen LogP contribution is -2.46. The third-order valence-corrected chi connectivity index (χ3v) is 6.85. The summed E-state index contributed by atoms with van der Waals surface area (Å²) in [7, 11) is 1.60. The highest BCUT2D eigenvalue weighted by Crippen LogP contribution is 2.32. The monoisotopic (exact) mass is 519 g/mol. The van der Waals surface area contributed by atoms with E-state index < -0.39 is 11.9 Å². The molecule has 198 valence electrons. The van der Waals surface area contributed by atoms with E-state index in [1.54, 1.807) is 19.3 Å². The Hall–Kier alpha value is -4.05. The van der Waals surface area contributed by atoms with Crippen LogP contribution in [0.3, 0.4) is 0 Å². The zero-order chi connectivity index (χ0) is 26.5. The molecule has 2 amide bonds. The predicted molar refractivity (Wildman–Crippen MR) is 138 cm³/mol. The number of nitrogens with zero attached hydrogens (tertiary/aromatic N) is 4. The quantitative estimate of drug-likeness (QED) is 0.464. The van der Waals surface area contributed by atoms with Gasteiger partial charge in [-0.15, -0.1) is 5.10 Å². The van der Waals surface area contributed by atoms with Crippen molar-refractivity contribution in [1.29, 1.82) is 0 Å². The maximum atomic E-state index is 14.0. The van der Waals surface area contributed by atoms with Gasteiger partial charge in [0.15, 0.2) is 0 Å². The molecule has 10 heteroatoms. The molecule has 1 saturated heterocycles. The lowest BCUT2D eigenvalue weighted by atomic mass is 10.00. The summed E-state index contributed by atoms with van der Waals surface area (Å²) < 4.78 is 26.4. The molecule has 1 fully saturated rings. The summed E-state index contributed by atoms with van der Waals surface area (Å²) in [4.78, 5) is 29.3. The van der Waals surface area contributed by atoms with Crippen molar-refractivity contribution in [2.45, 2.75) is 44.4 Å². The number of halogens is 1. The molecular formula is C28H30FN5O4. The smallest absolute Gasteiger partial charge is 0.249 e. The Morgan fingerprint density at radius 2 is 2.00 bits per heavy atom. The van der Waals surface area contributed by atoms with E-state index in [1.165, 1.54) is 33.8 Å². The molecule has 38 heavy (non-hydrogen) atoms. The number of aromatic nitrogens is 3. The number of para-hydroxylation sites is 1. The second kappa shape index (κ2) is 11.6. The third-order valence-electron chi connectivity index (χ3n) is 6.85. The number of hydrogen-bond donors (Lipinski definition) is 1. The molecule has 0 radical (unpaired) electrons. The van der Waals surface area contributed by atoms with Gasteiger partial charge in [-0.2, -0.15) is 0 Å². The van der Waals surface area contributed by atoms with Gasteiger partial charge >= 0.3 is 0 Å². The van der Waals surface area contributed by atoms with Gasteiger partial charge in [0.05, 0.1) is 24.5 Å². The standard InChI is InChI=1S/C28H30FN5O4/c1-37-22-14-12-21(13-15-22)34(26(35)18-33-25-7-3-2-6-24(25)31-32-33)27(19-8-10-20(29)11-9-19)28(36)30-17-23-5-4-16-38-23/h2-3,6-12,14,23,27H,4-5,13,15-18H2,1H3,(H,30,36). The van der Waals surface area contributed by atoms with Gasteiger partial charge in [0.25, 0.3) is 0 Å². The minimum Gasteiger partial charge on any atom is -0.501 e. The van der Waals surface area contributed by atoms with Crippen molar-refractivity contribution < 1.29 is 23.5 Å². The number of carbonyl (C=O) groups is 2. The lowest BCUT2D eigenvalue weighted by molar-refractivity contribution is -0.139.